The molecule has 2 rings (SSSR count). The highest BCUT2D eigenvalue weighted by Gasteiger charge is 2.34. The van der Waals surface area contributed by atoms with Gasteiger partial charge in [0.1, 0.15) is 0 Å². The lowest BCUT2D eigenvalue weighted by atomic mass is 9.85. The average Bonchev–Trinajstić information content (AvgIpc) is 2.56. The Morgan fingerprint density at radius 1 is 1.23 bits per heavy atom. The van der Waals surface area contributed by atoms with Crippen LogP contribution in [0.5, 0.6) is 0 Å². The van der Waals surface area contributed by atoms with E-state index in [1.54, 1.807) is 0 Å². The maximum Gasteiger partial charge on any atom is 0.317 e. The third-order valence-corrected chi connectivity index (χ3v) is 5.22. The summed E-state index contributed by atoms with van der Waals surface area (Å²) in [7, 11) is 0. The molecule has 6 nitrogen and oxygen atoms in total. The molecular weight excluding hydrogens is 330 g/mol. The van der Waals surface area contributed by atoms with Crippen molar-refractivity contribution in [3.63, 3.8) is 0 Å². The molecule has 0 bridgehead atoms. The molecule has 1 unspecified atom stereocenters. The van der Waals surface area contributed by atoms with E-state index in [1.165, 1.54) is 5.56 Å². The standard InChI is InChI=1S/C20H31N3O3/c1-4-23(13-19(24)25)17-10-16(11-17)22-20(26)21-12-18(14(2)3)15-8-6-5-7-9-15/h5-9,14,16-18H,4,10-13H2,1-3H3,(H,24,25)(H2,21,22,26). The Morgan fingerprint density at radius 2 is 1.88 bits per heavy atom. The first kappa shape index (κ1) is 20.2. The predicted octanol–water partition coefficient (Wildman–Crippen LogP) is 2.66. The Labute approximate surface area is 156 Å². The van der Waals surface area contributed by atoms with Gasteiger partial charge in [-0.2, -0.15) is 0 Å². The smallest absolute Gasteiger partial charge is 0.317 e. The minimum absolute atomic E-state index is 0.0627. The van der Waals surface area contributed by atoms with Gasteiger partial charge in [-0.15, -0.1) is 0 Å². The number of urea groups is 1. The molecule has 0 aromatic heterocycles. The molecule has 1 aromatic rings. The van der Waals surface area contributed by atoms with Crippen LogP contribution in [0.15, 0.2) is 30.3 Å². The third-order valence-electron chi connectivity index (χ3n) is 5.22. The topological polar surface area (TPSA) is 81.7 Å². The number of nitrogens with zero attached hydrogens (tertiary/aromatic N) is 1. The van der Waals surface area contributed by atoms with Crippen LogP contribution in [0.1, 0.15) is 45.1 Å². The van der Waals surface area contributed by atoms with Crippen molar-refractivity contribution in [3.05, 3.63) is 35.9 Å². The zero-order chi connectivity index (χ0) is 19.1. The van der Waals surface area contributed by atoms with Crippen LogP contribution in [-0.4, -0.2) is 53.7 Å². The summed E-state index contributed by atoms with van der Waals surface area (Å²) in [5.41, 5.74) is 1.23. The maximum absolute atomic E-state index is 12.2. The fourth-order valence-corrected chi connectivity index (χ4v) is 3.55. The van der Waals surface area contributed by atoms with Crippen molar-refractivity contribution in [2.24, 2.45) is 5.92 Å². The Balaban J connectivity index is 1.75. The second-order valence-electron chi connectivity index (χ2n) is 7.39. The lowest BCUT2D eigenvalue weighted by Crippen LogP contribution is -2.56. The van der Waals surface area contributed by atoms with Crippen molar-refractivity contribution in [1.82, 2.24) is 15.5 Å². The molecule has 0 heterocycles. The molecule has 0 saturated heterocycles. The van der Waals surface area contributed by atoms with Gasteiger partial charge in [-0.05, 0) is 30.9 Å². The molecule has 6 heteroatoms. The summed E-state index contributed by atoms with van der Waals surface area (Å²) in [4.78, 5) is 25.0. The Kier molecular flexibility index (Phi) is 7.45. The normalized spacial score (nSPS) is 20.5. The maximum atomic E-state index is 12.2. The molecule has 1 saturated carbocycles. The number of benzene rings is 1. The van der Waals surface area contributed by atoms with Gasteiger partial charge in [-0.1, -0.05) is 51.1 Å². The van der Waals surface area contributed by atoms with Crippen LogP contribution in [0.3, 0.4) is 0 Å². The second kappa shape index (κ2) is 9.57. The number of carbonyl (C=O) groups is 2. The van der Waals surface area contributed by atoms with Crippen LogP contribution < -0.4 is 10.6 Å². The average molecular weight is 361 g/mol. The molecule has 0 radical (unpaired) electrons. The summed E-state index contributed by atoms with van der Waals surface area (Å²) < 4.78 is 0. The molecule has 144 valence electrons. The zero-order valence-corrected chi connectivity index (χ0v) is 15.9. The Bertz CT molecular complexity index is 585. The first-order valence-electron chi connectivity index (χ1n) is 9.45. The number of hydrogen-bond acceptors (Lipinski definition) is 3. The minimum Gasteiger partial charge on any atom is -0.480 e. The largest absolute Gasteiger partial charge is 0.480 e. The van der Waals surface area contributed by atoms with Crippen molar-refractivity contribution in [2.75, 3.05) is 19.6 Å². The van der Waals surface area contributed by atoms with Crippen molar-refractivity contribution < 1.29 is 14.7 Å². The highest BCUT2D eigenvalue weighted by atomic mass is 16.4. The summed E-state index contributed by atoms with van der Waals surface area (Å²) in [5.74, 6) is -0.0937. The number of carboxylic acids is 1. The molecule has 1 atom stereocenters. The van der Waals surface area contributed by atoms with Crippen LogP contribution in [0.25, 0.3) is 0 Å². The molecule has 0 spiro atoms. The van der Waals surface area contributed by atoms with E-state index in [-0.39, 0.29) is 30.6 Å². The van der Waals surface area contributed by atoms with E-state index < -0.39 is 5.97 Å². The van der Waals surface area contributed by atoms with Crippen LogP contribution in [0, 0.1) is 5.92 Å². The number of aliphatic carboxylic acids is 1. The highest BCUT2D eigenvalue weighted by Crippen LogP contribution is 2.26. The van der Waals surface area contributed by atoms with E-state index in [0.717, 1.165) is 12.8 Å². The van der Waals surface area contributed by atoms with E-state index in [4.69, 9.17) is 5.11 Å². The van der Waals surface area contributed by atoms with E-state index in [0.29, 0.717) is 19.0 Å². The van der Waals surface area contributed by atoms with Crippen LogP contribution in [0.2, 0.25) is 0 Å². The number of rotatable bonds is 9. The van der Waals surface area contributed by atoms with E-state index in [2.05, 4.69) is 36.6 Å². The first-order chi connectivity index (χ1) is 12.4. The Hall–Kier alpha value is -2.08. The van der Waals surface area contributed by atoms with E-state index >= 15 is 0 Å². The summed E-state index contributed by atoms with van der Waals surface area (Å²) >= 11 is 0. The first-order valence-corrected chi connectivity index (χ1v) is 9.45. The number of nitrogens with one attached hydrogen (secondary N) is 2. The molecular formula is C20H31N3O3. The molecule has 1 aliphatic carbocycles. The fraction of sp³-hybridized carbons (Fsp3) is 0.600. The van der Waals surface area contributed by atoms with Gasteiger partial charge in [0.25, 0.3) is 0 Å². The monoisotopic (exact) mass is 361 g/mol. The van der Waals surface area contributed by atoms with Gasteiger partial charge in [-0.3, -0.25) is 9.69 Å². The van der Waals surface area contributed by atoms with Crippen molar-refractivity contribution in [2.45, 2.75) is 51.6 Å². The van der Waals surface area contributed by atoms with Gasteiger partial charge >= 0.3 is 12.0 Å². The van der Waals surface area contributed by atoms with Crippen LogP contribution >= 0.6 is 0 Å². The number of amides is 2. The SMILES string of the molecule is CCN(CC(=O)O)C1CC(NC(=O)NCC(c2ccccc2)C(C)C)C1. The summed E-state index contributed by atoms with van der Waals surface area (Å²) in [5, 5.41) is 14.9. The predicted molar refractivity (Wildman–Crippen MR) is 102 cm³/mol. The van der Waals surface area contributed by atoms with Gasteiger partial charge in [0.15, 0.2) is 0 Å². The van der Waals surface area contributed by atoms with Gasteiger partial charge < -0.3 is 15.7 Å². The van der Waals surface area contributed by atoms with Gasteiger partial charge in [0.05, 0.1) is 6.54 Å². The quantitative estimate of drug-likeness (QED) is 0.632. The van der Waals surface area contributed by atoms with Crippen LogP contribution in [0.4, 0.5) is 4.79 Å². The number of likely N-dealkylation sites (N-methyl/N-ethyl adjacent to an activating group) is 1. The van der Waals surface area contributed by atoms with Crippen LogP contribution in [-0.2, 0) is 4.79 Å². The molecule has 1 fully saturated rings. The minimum atomic E-state index is -0.804. The fourth-order valence-electron chi connectivity index (χ4n) is 3.55. The summed E-state index contributed by atoms with van der Waals surface area (Å²) in [6.07, 6.45) is 1.61. The lowest BCUT2D eigenvalue weighted by Gasteiger charge is -2.42. The molecule has 3 N–H and O–H groups in total. The molecule has 2 amide bonds. The molecule has 1 aliphatic rings. The molecule has 0 aliphatic heterocycles. The molecule has 1 aromatic carbocycles. The van der Waals surface area contributed by atoms with Gasteiger partial charge in [0.2, 0.25) is 0 Å². The highest BCUT2D eigenvalue weighted by molar-refractivity contribution is 5.74. The Morgan fingerprint density at radius 3 is 2.42 bits per heavy atom. The van der Waals surface area contributed by atoms with Crippen molar-refractivity contribution >= 4 is 12.0 Å². The van der Waals surface area contributed by atoms with E-state index in [1.807, 2.05) is 30.0 Å². The van der Waals surface area contributed by atoms with E-state index in [9.17, 15) is 9.59 Å². The lowest BCUT2D eigenvalue weighted by molar-refractivity contribution is -0.139. The molecule has 26 heavy (non-hydrogen) atoms. The zero-order valence-electron chi connectivity index (χ0n) is 15.9. The van der Waals surface area contributed by atoms with Crippen molar-refractivity contribution in [1.29, 1.82) is 0 Å². The van der Waals surface area contributed by atoms with Gasteiger partial charge in [-0.25, -0.2) is 4.79 Å². The second-order valence-corrected chi connectivity index (χ2v) is 7.39. The third kappa shape index (κ3) is 5.73. The van der Waals surface area contributed by atoms with Gasteiger partial charge in [0, 0.05) is 24.5 Å². The summed E-state index contributed by atoms with van der Waals surface area (Å²) in [6, 6.07) is 10.5. The summed E-state index contributed by atoms with van der Waals surface area (Å²) in [6.45, 7) is 7.66. The number of hydrogen-bond donors (Lipinski definition) is 3. The number of carboxylic acid groups (broad SMARTS) is 1. The van der Waals surface area contributed by atoms with Crippen molar-refractivity contribution in [3.8, 4) is 0 Å². The number of carbonyl (C=O) groups excluding carboxylic acids is 1.